The van der Waals surface area contributed by atoms with Crippen LogP contribution in [0, 0.1) is 0 Å². The fraction of sp³-hybridized carbons (Fsp3) is 0.349. The van der Waals surface area contributed by atoms with Crippen molar-refractivity contribution >= 4 is 12.1 Å². The van der Waals surface area contributed by atoms with Crippen molar-refractivity contribution < 1.29 is 38.0 Å². The smallest absolute Gasteiger partial charge is 0.410 e. The standard InChI is InChI=1S/C43H47NO8/c1-4-24-49-25-26-50-32-13-11-12-31(28-32)39(21-19-30-20-22-40(47-2)41(27-30)48-3)52-42(45)38-18-9-10-23-44(38)43(46)51-29-37-35-16-7-5-14-33(35)34-15-6-8-17-36(34)37/h4-8,11-17,20,22,27-28,37-39H,1,9-10,18-19,21,23-26,29H2,2-3H3/t38?,39-/m1/s1. The first-order valence-corrected chi connectivity index (χ1v) is 17.9. The summed E-state index contributed by atoms with van der Waals surface area (Å²) in [6.07, 6.45) is 3.77. The summed E-state index contributed by atoms with van der Waals surface area (Å²) in [5.41, 5.74) is 6.39. The molecule has 0 N–H and O–H groups in total. The lowest BCUT2D eigenvalue weighted by Gasteiger charge is -2.34. The second kappa shape index (κ2) is 17.8. The molecule has 6 rings (SSSR count). The summed E-state index contributed by atoms with van der Waals surface area (Å²) >= 11 is 0. The van der Waals surface area contributed by atoms with Gasteiger partial charge < -0.3 is 28.4 Å². The van der Waals surface area contributed by atoms with E-state index in [-0.39, 0.29) is 12.5 Å². The topological polar surface area (TPSA) is 92.8 Å². The Morgan fingerprint density at radius 1 is 0.865 bits per heavy atom. The van der Waals surface area contributed by atoms with Crippen LogP contribution in [0.2, 0.25) is 0 Å². The molecule has 272 valence electrons. The SMILES string of the molecule is C=CCOCCOc1cccc([C@@H](CCc2ccc(OC)c(OC)c2)OC(=O)C2CCCCN2C(=O)OCC2c3ccccc3-c3ccccc32)c1. The van der Waals surface area contributed by atoms with E-state index in [0.717, 1.165) is 46.2 Å². The zero-order valence-corrected chi connectivity index (χ0v) is 30.0. The maximum atomic E-state index is 14.1. The minimum atomic E-state index is -0.755. The Labute approximate surface area is 306 Å². The van der Waals surface area contributed by atoms with Crippen LogP contribution in [0.15, 0.2) is 104 Å². The van der Waals surface area contributed by atoms with Gasteiger partial charge in [-0.1, -0.05) is 72.8 Å². The number of carbonyl (C=O) groups excluding carboxylic acids is 2. The first-order valence-electron chi connectivity index (χ1n) is 17.9. The van der Waals surface area contributed by atoms with Gasteiger partial charge in [0, 0.05) is 12.5 Å². The highest BCUT2D eigenvalue weighted by atomic mass is 16.6. The molecule has 1 amide bonds. The lowest BCUT2D eigenvalue weighted by molar-refractivity contribution is -0.157. The van der Waals surface area contributed by atoms with Gasteiger partial charge in [0.25, 0.3) is 0 Å². The number of piperidine rings is 1. The van der Waals surface area contributed by atoms with Gasteiger partial charge in [-0.05, 0) is 89.8 Å². The summed E-state index contributed by atoms with van der Waals surface area (Å²) in [4.78, 5) is 29.3. The van der Waals surface area contributed by atoms with Crippen molar-refractivity contribution in [2.24, 2.45) is 0 Å². The number of hydrogen-bond donors (Lipinski definition) is 0. The van der Waals surface area contributed by atoms with Gasteiger partial charge in [-0.2, -0.15) is 0 Å². The van der Waals surface area contributed by atoms with Gasteiger partial charge in [0.2, 0.25) is 0 Å². The summed E-state index contributed by atoms with van der Waals surface area (Å²) in [6, 6.07) is 29.1. The van der Waals surface area contributed by atoms with Crippen LogP contribution < -0.4 is 14.2 Å². The van der Waals surface area contributed by atoms with Gasteiger partial charge in [0.05, 0.1) is 27.4 Å². The number of ether oxygens (including phenoxy) is 6. The molecule has 9 heteroatoms. The number of esters is 1. The monoisotopic (exact) mass is 705 g/mol. The predicted molar refractivity (Wildman–Crippen MR) is 199 cm³/mol. The van der Waals surface area contributed by atoms with Crippen molar-refractivity contribution in [3.8, 4) is 28.4 Å². The molecule has 1 saturated heterocycles. The number of amides is 1. The molecule has 1 aliphatic heterocycles. The number of methoxy groups -OCH3 is 2. The fourth-order valence-corrected chi connectivity index (χ4v) is 7.11. The number of rotatable bonds is 16. The van der Waals surface area contributed by atoms with E-state index in [0.29, 0.717) is 62.9 Å². The van der Waals surface area contributed by atoms with Crippen LogP contribution in [-0.4, -0.2) is 70.2 Å². The minimum absolute atomic E-state index is 0.0736. The average Bonchev–Trinajstić information content (AvgIpc) is 3.51. The van der Waals surface area contributed by atoms with Gasteiger partial charge in [-0.25, -0.2) is 9.59 Å². The van der Waals surface area contributed by atoms with E-state index in [4.69, 9.17) is 28.4 Å². The number of fused-ring (bicyclic) bond motifs is 3. The number of benzene rings is 4. The minimum Gasteiger partial charge on any atom is -0.493 e. The normalized spacial score (nSPS) is 15.6. The van der Waals surface area contributed by atoms with Crippen LogP contribution in [0.3, 0.4) is 0 Å². The van der Waals surface area contributed by atoms with E-state index in [1.165, 1.54) is 0 Å². The molecule has 2 atom stereocenters. The molecule has 1 unspecified atom stereocenters. The van der Waals surface area contributed by atoms with E-state index < -0.39 is 24.2 Å². The van der Waals surface area contributed by atoms with Crippen molar-refractivity contribution in [1.82, 2.24) is 4.90 Å². The summed E-state index contributed by atoms with van der Waals surface area (Å²) in [6.45, 7) is 5.51. The van der Waals surface area contributed by atoms with Crippen LogP contribution in [0.1, 0.15) is 60.0 Å². The van der Waals surface area contributed by atoms with E-state index in [1.54, 1.807) is 25.2 Å². The van der Waals surface area contributed by atoms with E-state index in [1.807, 2.05) is 66.7 Å². The van der Waals surface area contributed by atoms with E-state index >= 15 is 0 Å². The second-order valence-electron chi connectivity index (χ2n) is 12.9. The largest absolute Gasteiger partial charge is 0.493 e. The number of nitrogens with zero attached hydrogens (tertiary/aromatic N) is 1. The molecule has 0 radical (unpaired) electrons. The molecule has 1 heterocycles. The third kappa shape index (κ3) is 8.60. The van der Waals surface area contributed by atoms with Crippen molar-refractivity contribution in [1.29, 1.82) is 0 Å². The van der Waals surface area contributed by atoms with Crippen LogP contribution >= 0.6 is 0 Å². The molecule has 2 aliphatic rings. The molecular formula is C43H47NO8. The quantitative estimate of drug-likeness (QED) is 0.0653. The molecule has 0 saturated carbocycles. The van der Waals surface area contributed by atoms with Gasteiger partial charge in [0.15, 0.2) is 11.5 Å². The van der Waals surface area contributed by atoms with Gasteiger partial charge in [-0.15, -0.1) is 6.58 Å². The second-order valence-corrected chi connectivity index (χ2v) is 12.9. The Morgan fingerprint density at radius 3 is 2.35 bits per heavy atom. The lowest BCUT2D eigenvalue weighted by atomic mass is 9.98. The first-order chi connectivity index (χ1) is 25.5. The highest BCUT2D eigenvalue weighted by Gasteiger charge is 2.37. The van der Waals surface area contributed by atoms with Crippen molar-refractivity contribution in [3.05, 3.63) is 126 Å². The fourth-order valence-electron chi connectivity index (χ4n) is 7.11. The Balaban J connectivity index is 1.16. The lowest BCUT2D eigenvalue weighted by Crippen LogP contribution is -2.49. The van der Waals surface area contributed by atoms with Crippen LogP contribution in [-0.2, 0) is 25.4 Å². The van der Waals surface area contributed by atoms with Gasteiger partial charge in [0.1, 0.15) is 31.1 Å². The summed E-state index contributed by atoms with van der Waals surface area (Å²) in [5, 5.41) is 0. The highest BCUT2D eigenvalue weighted by Crippen LogP contribution is 2.44. The van der Waals surface area contributed by atoms with Gasteiger partial charge in [-0.3, -0.25) is 4.90 Å². The maximum absolute atomic E-state index is 14.1. The van der Waals surface area contributed by atoms with Crippen LogP contribution in [0.25, 0.3) is 11.1 Å². The first kappa shape index (κ1) is 36.5. The van der Waals surface area contributed by atoms with Crippen LogP contribution in [0.4, 0.5) is 4.79 Å². The Hall–Kier alpha value is -5.28. The van der Waals surface area contributed by atoms with Gasteiger partial charge >= 0.3 is 12.1 Å². The molecule has 0 bridgehead atoms. The molecule has 9 nitrogen and oxygen atoms in total. The van der Waals surface area contributed by atoms with Crippen molar-refractivity contribution in [2.45, 2.75) is 50.2 Å². The number of hydrogen-bond acceptors (Lipinski definition) is 8. The zero-order valence-electron chi connectivity index (χ0n) is 30.0. The van der Waals surface area contributed by atoms with Crippen molar-refractivity contribution in [3.63, 3.8) is 0 Å². The molecule has 52 heavy (non-hydrogen) atoms. The predicted octanol–water partition coefficient (Wildman–Crippen LogP) is 8.31. The molecule has 0 spiro atoms. The van der Waals surface area contributed by atoms with E-state index in [2.05, 4.69) is 30.8 Å². The Bertz CT molecular complexity index is 1790. The molecule has 0 aromatic heterocycles. The Kier molecular flexibility index (Phi) is 12.5. The molecule has 1 fully saturated rings. The van der Waals surface area contributed by atoms with E-state index in [9.17, 15) is 9.59 Å². The molecule has 4 aromatic carbocycles. The zero-order chi connectivity index (χ0) is 36.3. The molecule has 1 aliphatic carbocycles. The molecular weight excluding hydrogens is 658 g/mol. The highest BCUT2D eigenvalue weighted by molar-refractivity contribution is 5.82. The Morgan fingerprint density at radius 2 is 1.62 bits per heavy atom. The third-order valence-electron chi connectivity index (χ3n) is 9.71. The average molecular weight is 706 g/mol. The number of aryl methyl sites for hydroxylation is 1. The summed E-state index contributed by atoms with van der Waals surface area (Å²) < 4.78 is 34.7. The maximum Gasteiger partial charge on any atom is 0.410 e. The van der Waals surface area contributed by atoms with Crippen LogP contribution in [0.5, 0.6) is 17.2 Å². The molecule has 4 aromatic rings. The number of likely N-dealkylation sites (tertiary alicyclic amines) is 1. The number of carbonyl (C=O) groups is 2. The summed E-state index contributed by atoms with van der Waals surface area (Å²) in [5.74, 6) is 1.39. The third-order valence-corrected chi connectivity index (χ3v) is 9.71. The van der Waals surface area contributed by atoms with Crippen molar-refractivity contribution in [2.75, 3.05) is 47.2 Å². The summed E-state index contributed by atoms with van der Waals surface area (Å²) in [7, 11) is 3.21.